The van der Waals surface area contributed by atoms with Crippen LogP contribution in [0, 0.1) is 11.8 Å². The van der Waals surface area contributed by atoms with Crippen LogP contribution in [0.3, 0.4) is 0 Å². The Morgan fingerprint density at radius 2 is 0.745 bits per heavy atom. The number of hydrogen-bond acceptors (Lipinski definition) is 8. The van der Waals surface area contributed by atoms with Gasteiger partial charge in [-0.15, -0.1) is 0 Å². The van der Waals surface area contributed by atoms with Gasteiger partial charge in [0.25, 0.3) is 0 Å². The van der Waals surface area contributed by atoms with Gasteiger partial charge in [-0.05, 0) is 138 Å². The van der Waals surface area contributed by atoms with Gasteiger partial charge in [0.05, 0.1) is 66.6 Å². The summed E-state index contributed by atoms with van der Waals surface area (Å²) in [5.41, 5.74) is 28.3. The van der Waals surface area contributed by atoms with E-state index in [9.17, 15) is 0 Å². The summed E-state index contributed by atoms with van der Waals surface area (Å²) in [6.45, 7) is 0. The minimum absolute atomic E-state index is 0.192. The second-order valence-corrected chi connectivity index (χ2v) is 28.0. The molecule has 8 heteroatoms. The average molecular weight is 1350 g/mol. The molecule has 11 aromatic carbocycles. The fourth-order valence-corrected chi connectivity index (χ4v) is 17.4. The first-order chi connectivity index (χ1) is 52.5. The smallest absolute Gasteiger partial charge is 0.0978 e. The molecule has 2 atom stereocenters. The second kappa shape index (κ2) is 23.8. The van der Waals surface area contributed by atoms with Gasteiger partial charge in [-0.2, -0.15) is 0 Å². The van der Waals surface area contributed by atoms with Crippen molar-refractivity contribution >= 4 is 142 Å². The highest BCUT2D eigenvalue weighted by Crippen LogP contribution is 2.55. The molecule has 0 amide bonds. The summed E-state index contributed by atoms with van der Waals surface area (Å²) in [7, 11) is 0. The van der Waals surface area contributed by atoms with Crippen LogP contribution in [0.15, 0.2) is 363 Å². The SMILES string of the molecule is C1=CC2=C(c3ccnc4c3ccc3cccnc34)C=CC3=CC=C4C(c5ccc6ccc7c(-c8ccccc8)c8ccccc8nc7c6n5)=CC=C1C4C32.c1ccc(-c2c3ccccc3nc3c2ccc2ccc(-c4ccc5ccc6cc(-c7ccnc8c7ccc7cccnc78)ccc6c5c4)nc23)cc1. The van der Waals surface area contributed by atoms with Crippen molar-refractivity contribution in [2.75, 3.05) is 0 Å². The van der Waals surface area contributed by atoms with Crippen molar-refractivity contribution in [3.05, 3.63) is 374 Å². The van der Waals surface area contributed by atoms with E-state index in [-0.39, 0.29) is 11.8 Å². The molecule has 0 fully saturated rings. The lowest BCUT2D eigenvalue weighted by atomic mass is 9.61. The number of aromatic nitrogens is 8. The number of pyridine rings is 8. The Morgan fingerprint density at radius 3 is 1.42 bits per heavy atom. The molecule has 0 aliphatic heterocycles. The van der Waals surface area contributed by atoms with Crippen LogP contribution in [0.2, 0.25) is 0 Å². The Bertz CT molecular complexity index is 7330. The number of fused-ring (bicyclic) bond motifs is 17. The van der Waals surface area contributed by atoms with Crippen molar-refractivity contribution in [2.45, 2.75) is 0 Å². The van der Waals surface area contributed by atoms with Gasteiger partial charge < -0.3 is 0 Å². The van der Waals surface area contributed by atoms with E-state index in [0.717, 1.165) is 137 Å². The first-order valence-corrected chi connectivity index (χ1v) is 36.1. The Labute approximate surface area is 608 Å². The molecule has 19 aromatic rings. The number of rotatable bonds is 6. The van der Waals surface area contributed by atoms with Gasteiger partial charge in [-0.1, -0.05) is 255 Å². The van der Waals surface area contributed by atoms with E-state index >= 15 is 0 Å². The predicted molar refractivity (Wildman–Crippen MR) is 438 cm³/mol. The number of allylic oxidation sites excluding steroid dienone is 14. The van der Waals surface area contributed by atoms with E-state index in [1.165, 1.54) is 82.8 Å². The number of benzene rings is 11. The number of nitrogens with zero attached hydrogens (tertiary/aromatic N) is 8. The zero-order valence-corrected chi connectivity index (χ0v) is 57.1. The molecule has 0 spiro atoms. The molecular weight excluding hydrogens is 1290 g/mol. The average Bonchev–Trinajstić information content (AvgIpc) is 0.723. The third kappa shape index (κ3) is 9.41. The largest absolute Gasteiger partial charge is 0.254 e. The lowest BCUT2D eigenvalue weighted by Crippen LogP contribution is -2.30. The van der Waals surface area contributed by atoms with Gasteiger partial charge in [0.2, 0.25) is 0 Å². The molecule has 8 nitrogen and oxygen atoms in total. The first-order valence-electron chi connectivity index (χ1n) is 36.1. The third-order valence-corrected chi connectivity index (χ3v) is 22.3. The summed E-state index contributed by atoms with van der Waals surface area (Å²) in [6, 6.07) is 94.6. The fraction of sp³-hybridized carbons (Fsp3) is 0.0204. The molecule has 0 bridgehead atoms. The molecule has 0 saturated heterocycles. The summed E-state index contributed by atoms with van der Waals surface area (Å²) in [5.74, 6) is 0.395. The molecule has 0 saturated carbocycles. The van der Waals surface area contributed by atoms with Crippen molar-refractivity contribution in [1.82, 2.24) is 39.9 Å². The minimum Gasteiger partial charge on any atom is -0.254 e. The standard InChI is InChI=1S/C50H30N4.C48H28N4/c1-2-7-29(8-3-1)44-40-10-4-5-11-42(40)54-50-41(44)24-17-33-18-25-43(53-48(33)50)36-20-13-31-14-21-37-34(19-12-30-15-22-38(36)46(31)45(30)37)35-26-28-52-49-39(35)23-16-32-9-6-27-51-47(32)49;1-2-7-30(8-3-1)44-39-10-4-5-11-43(39)52-48-40(44)22-17-32-19-23-42(51-46(32)48)35-15-13-29-12-14-33-27-34(18-20-36(33)41(29)28-35)37-24-26-50-47-38(37)21-16-31-9-6-25-49-45(31)47/h1-28,45-46H;1-28H. The highest BCUT2D eigenvalue weighted by molar-refractivity contribution is 6.19. The summed E-state index contributed by atoms with van der Waals surface area (Å²) < 4.78 is 0. The molecule has 490 valence electrons. The maximum Gasteiger partial charge on any atom is 0.0978 e. The van der Waals surface area contributed by atoms with Gasteiger partial charge in [-0.3, -0.25) is 19.9 Å². The normalized spacial score (nSPS) is 15.3. The van der Waals surface area contributed by atoms with Crippen molar-refractivity contribution in [1.29, 1.82) is 0 Å². The number of para-hydroxylation sites is 2. The van der Waals surface area contributed by atoms with Gasteiger partial charge >= 0.3 is 0 Å². The van der Waals surface area contributed by atoms with Crippen molar-refractivity contribution in [3.63, 3.8) is 0 Å². The van der Waals surface area contributed by atoms with Gasteiger partial charge in [0.15, 0.2) is 0 Å². The lowest BCUT2D eigenvalue weighted by Gasteiger charge is -2.42. The maximum atomic E-state index is 5.47. The molecule has 0 N–H and O–H groups in total. The summed E-state index contributed by atoms with van der Waals surface area (Å²) in [6.07, 6.45) is 26.0. The van der Waals surface area contributed by atoms with Crippen LogP contribution in [0.1, 0.15) is 11.3 Å². The predicted octanol–water partition coefficient (Wildman–Crippen LogP) is 24.1. The van der Waals surface area contributed by atoms with E-state index < -0.39 is 0 Å². The summed E-state index contributed by atoms with van der Waals surface area (Å²) >= 11 is 0. The van der Waals surface area contributed by atoms with Crippen LogP contribution in [-0.2, 0) is 0 Å². The molecular formula is C98H58N8. The van der Waals surface area contributed by atoms with Crippen molar-refractivity contribution in [3.8, 4) is 44.6 Å². The summed E-state index contributed by atoms with van der Waals surface area (Å²) in [4.78, 5) is 40.2. The monoisotopic (exact) mass is 1350 g/mol. The Balaban J connectivity index is 0.000000132. The maximum absolute atomic E-state index is 5.47. The fourth-order valence-electron chi connectivity index (χ4n) is 17.4. The quantitative estimate of drug-likeness (QED) is 0.120. The highest BCUT2D eigenvalue weighted by atomic mass is 14.8. The molecule has 106 heavy (non-hydrogen) atoms. The van der Waals surface area contributed by atoms with E-state index in [0.29, 0.717) is 0 Å². The van der Waals surface area contributed by atoms with E-state index in [4.69, 9.17) is 34.9 Å². The van der Waals surface area contributed by atoms with Crippen LogP contribution >= 0.6 is 0 Å². The van der Waals surface area contributed by atoms with Crippen molar-refractivity contribution in [2.24, 2.45) is 11.8 Å². The Hall–Kier alpha value is -14.1. The molecule has 4 aliphatic rings. The molecule has 8 aromatic heterocycles. The topological polar surface area (TPSA) is 103 Å². The van der Waals surface area contributed by atoms with Crippen LogP contribution in [-0.4, -0.2) is 39.9 Å². The second-order valence-electron chi connectivity index (χ2n) is 28.0. The molecule has 0 radical (unpaired) electrons. The van der Waals surface area contributed by atoms with Gasteiger partial charge in [-0.25, -0.2) is 19.9 Å². The van der Waals surface area contributed by atoms with Crippen LogP contribution < -0.4 is 0 Å². The number of hydrogen-bond donors (Lipinski definition) is 0. The summed E-state index contributed by atoms with van der Waals surface area (Å²) in [5, 5.41) is 15.9. The Kier molecular flexibility index (Phi) is 13.4. The van der Waals surface area contributed by atoms with Crippen LogP contribution in [0.5, 0.6) is 0 Å². The molecule has 2 unspecified atom stereocenters. The van der Waals surface area contributed by atoms with Crippen molar-refractivity contribution < 1.29 is 0 Å². The van der Waals surface area contributed by atoms with E-state index in [1.54, 1.807) is 0 Å². The first kappa shape index (κ1) is 59.6. The minimum atomic E-state index is 0.192. The molecule has 8 heterocycles. The zero-order valence-electron chi connectivity index (χ0n) is 57.1. The Morgan fingerprint density at radius 1 is 0.245 bits per heavy atom. The molecule has 23 rings (SSSR count). The van der Waals surface area contributed by atoms with E-state index in [2.05, 4.69) is 308 Å². The van der Waals surface area contributed by atoms with Crippen LogP contribution in [0.4, 0.5) is 0 Å². The molecule has 4 aliphatic carbocycles. The van der Waals surface area contributed by atoms with E-state index in [1.807, 2.05) is 36.9 Å². The highest BCUT2D eigenvalue weighted by Gasteiger charge is 2.41. The van der Waals surface area contributed by atoms with Gasteiger partial charge in [0.1, 0.15) is 0 Å². The third-order valence-electron chi connectivity index (χ3n) is 22.3. The lowest BCUT2D eigenvalue weighted by molar-refractivity contribution is 0.569. The zero-order chi connectivity index (χ0) is 69.5. The van der Waals surface area contributed by atoms with Gasteiger partial charge in [0, 0.05) is 113 Å². The van der Waals surface area contributed by atoms with Crippen LogP contribution in [0.25, 0.3) is 186 Å².